The van der Waals surface area contributed by atoms with Crippen molar-refractivity contribution in [3.63, 3.8) is 0 Å². The van der Waals surface area contributed by atoms with Crippen molar-refractivity contribution in [1.29, 1.82) is 0 Å². The van der Waals surface area contributed by atoms with Crippen molar-refractivity contribution >= 4 is 11.6 Å². The van der Waals surface area contributed by atoms with Crippen molar-refractivity contribution in [2.24, 2.45) is 0 Å². The van der Waals surface area contributed by atoms with Crippen LogP contribution in [0.5, 0.6) is 23.0 Å². The molecular weight excluding hydrogens is 454 g/mol. The number of rotatable bonds is 12. The zero-order valence-corrected chi connectivity index (χ0v) is 20.8. The van der Waals surface area contributed by atoms with E-state index in [1.54, 1.807) is 33.5 Å². The van der Waals surface area contributed by atoms with E-state index in [9.17, 15) is 5.11 Å². The van der Waals surface area contributed by atoms with Gasteiger partial charge in [0.25, 0.3) is 0 Å². The van der Waals surface area contributed by atoms with Crippen LogP contribution < -0.4 is 24.3 Å². The quantitative estimate of drug-likeness (QED) is 0.367. The Morgan fingerprint density at radius 2 is 1.56 bits per heavy atom. The molecule has 2 unspecified atom stereocenters. The summed E-state index contributed by atoms with van der Waals surface area (Å²) in [5.74, 6) is 2.34. The zero-order valence-electron chi connectivity index (χ0n) is 20.0. The van der Waals surface area contributed by atoms with Gasteiger partial charge in [0, 0.05) is 12.6 Å². The number of nitrogens with one attached hydrogen (secondary N) is 1. The van der Waals surface area contributed by atoms with Crippen LogP contribution in [0.25, 0.3) is 0 Å². The summed E-state index contributed by atoms with van der Waals surface area (Å²) in [6, 6.07) is 19.3. The summed E-state index contributed by atoms with van der Waals surface area (Å²) in [5, 5.41) is 14.5. The second-order valence-corrected chi connectivity index (χ2v) is 8.43. The number of ether oxygens (including phenoxy) is 4. The Morgan fingerprint density at radius 1 is 0.853 bits per heavy atom. The van der Waals surface area contributed by atoms with Crippen molar-refractivity contribution < 1.29 is 24.1 Å². The zero-order chi connectivity index (χ0) is 24.5. The van der Waals surface area contributed by atoms with Gasteiger partial charge in [-0.2, -0.15) is 0 Å². The molecule has 0 aromatic heterocycles. The van der Waals surface area contributed by atoms with Gasteiger partial charge in [-0.3, -0.25) is 0 Å². The van der Waals surface area contributed by atoms with Crippen LogP contribution in [0, 0.1) is 0 Å². The van der Waals surface area contributed by atoms with Crippen LogP contribution in [0.2, 0.25) is 5.02 Å². The fourth-order valence-electron chi connectivity index (χ4n) is 3.67. The maximum atomic E-state index is 10.8. The number of hydrogen-bond acceptors (Lipinski definition) is 6. The molecule has 0 aliphatic heterocycles. The van der Waals surface area contributed by atoms with Gasteiger partial charge >= 0.3 is 0 Å². The van der Waals surface area contributed by atoms with Crippen LogP contribution in [0.3, 0.4) is 0 Å². The van der Waals surface area contributed by atoms with Crippen molar-refractivity contribution in [2.75, 3.05) is 27.9 Å². The summed E-state index contributed by atoms with van der Waals surface area (Å²) >= 11 is 6.49. The van der Waals surface area contributed by atoms with Gasteiger partial charge in [-0.1, -0.05) is 48.0 Å². The molecule has 6 nitrogen and oxygen atoms in total. The number of methoxy groups -OCH3 is 3. The molecular formula is C27H32ClNO5. The molecule has 7 heteroatoms. The standard InChI is InChI=1S/C27H32ClNO5/c1-18(12-20-10-11-24(31-2)25(13-20)32-3)29-16-23(30)21-14-22(28)27(26(15-21)33-4)34-17-19-8-6-5-7-9-19/h5-11,13-15,18,23,29-30H,12,16-17H2,1-4H3. The summed E-state index contributed by atoms with van der Waals surface area (Å²) in [4.78, 5) is 0. The molecule has 2 N–H and O–H groups in total. The number of benzene rings is 3. The molecule has 0 aliphatic rings. The van der Waals surface area contributed by atoms with E-state index in [-0.39, 0.29) is 6.04 Å². The van der Waals surface area contributed by atoms with E-state index in [4.69, 9.17) is 30.5 Å². The van der Waals surface area contributed by atoms with Crippen LogP contribution in [0.15, 0.2) is 60.7 Å². The van der Waals surface area contributed by atoms with E-state index in [1.165, 1.54) is 0 Å². The van der Waals surface area contributed by atoms with E-state index in [0.717, 1.165) is 17.5 Å². The van der Waals surface area contributed by atoms with Crippen molar-refractivity contribution in [3.8, 4) is 23.0 Å². The maximum absolute atomic E-state index is 10.8. The number of hydrogen-bond donors (Lipinski definition) is 2. The Hall–Kier alpha value is -2.93. The Balaban J connectivity index is 1.60. The first-order valence-electron chi connectivity index (χ1n) is 11.1. The largest absolute Gasteiger partial charge is 0.493 e. The van der Waals surface area contributed by atoms with Gasteiger partial charge in [0.15, 0.2) is 23.0 Å². The van der Waals surface area contributed by atoms with E-state index in [2.05, 4.69) is 12.2 Å². The maximum Gasteiger partial charge on any atom is 0.180 e. The average molecular weight is 486 g/mol. The fourth-order valence-corrected chi connectivity index (χ4v) is 3.94. The predicted molar refractivity (Wildman–Crippen MR) is 134 cm³/mol. The minimum Gasteiger partial charge on any atom is -0.493 e. The third kappa shape index (κ3) is 6.79. The van der Waals surface area contributed by atoms with E-state index in [1.807, 2.05) is 48.5 Å². The van der Waals surface area contributed by atoms with Gasteiger partial charge in [0.2, 0.25) is 0 Å². The Bertz CT molecular complexity index is 1060. The summed E-state index contributed by atoms with van der Waals surface area (Å²) in [6.07, 6.45) is 0.00564. The normalized spacial score (nSPS) is 12.6. The van der Waals surface area contributed by atoms with Gasteiger partial charge in [0.05, 0.1) is 32.5 Å². The Labute approximate surface area is 206 Å². The fraction of sp³-hybridized carbons (Fsp3) is 0.333. The lowest BCUT2D eigenvalue weighted by Crippen LogP contribution is -2.32. The van der Waals surface area contributed by atoms with Crippen LogP contribution >= 0.6 is 11.6 Å². The first kappa shape index (κ1) is 25.7. The predicted octanol–water partition coefficient (Wildman–Crippen LogP) is 5.20. The van der Waals surface area contributed by atoms with Crippen LogP contribution in [0.4, 0.5) is 0 Å². The molecule has 3 aromatic rings. The third-order valence-electron chi connectivity index (χ3n) is 5.51. The molecule has 182 valence electrons. The minimum absolute atomic E-state index is 0.124. The van der Waals surface area contributed by atoms with Gasteiger partial charge in [0.1, 0.15) is 6.61 Å². The summed E-state index contributed by atoms with van der Waals surface area (Å²) in [6.45, 7) is 2.80. The lowest BCUT2D eigenvalue weighted by molar-refractivity contribution is 0.170. The van der Waals surface area contributed by atoms with Crippen LogP contribution in [-0.2, 0) is 13.0 Å². The second-order valence-electron chi connectivity index (χ2n) is 8.03. The van der Waals surface area contributed by atoms with E-state index < -0.39 is 6.10 Å². The number of aliphatic hydroxyl groups excluding tert-OH is 1. The number of aliphatic hydroxyl groups is 1. The molecule has 0 saturated heterocycles. The molecule has 34 heavy (non-hydrogen) atoms. The molecule has 0 spiro atoms. The van der Waals surface area contributed by atoms with Gasteiger partial charge in [-0.15, -0.1) is 0 Å². The molecule has 0 radical (unpaired) electrons. The molecule has 0 bridgehead atoms. The number of halogens is 1. The van der Waals surface area contributed by atoms with Crippen LogP contribution in [0.1, 0.15) is 29.7 Å². The molecule has 2 atom stereocenters. The van der Waals surface area contributed by atoms with Gasteiger partial charge in [-0.05, 0) is 54.3 Å². The first-order valence-corrected chi connectivity index (χ1v) is 11.5. The lowest BCUT2D eigenvalue weighted by atomic mass is 10.0. The average Bonchev–Trinajstić information content (AvgIpc) is 2.86. The highest BCUT2D eigenvalue weighted by molar-refractivity contribution is 6.32. The lowest BCUT2D eigenvalue weighted by Gasteiger charge is -2.20. The molecule has 0 heterocycles. The minimum atomic E-state index is -0.762. The van der Waals surface area contributed by atoms with E-state index >= 15 is 0 Å². The summed E-state index contributed by atoms with van der Waals surface area (Å²) in [7, 11) is 4.80. The van der Waals surface area contributed by atoms with Gasteiger partial charge in [-0.25, -0.2) is 0 Å². The van der Waals surface area contributed by atoms with Gasteiger partial charge < -0.3 is 29.4 Å². The highest BCUT2D eigenvalue weighted by atomic mass is 35.5. The van der Waals surface area contributed by atoms with E-state index in [0.29, 0.717) is 46.7 Å². The second kappa shape index (κ2) is 12.5. The highest BCUT2D eigenvalue weighted by Gasteiger charge is 2.17. The summed E-state index contributed by atoms with van der Waals surface area (Å²) in [5.41, 5.74) is 2.79. The molecule has 3 aromatic carbocycles. The summed E-state index contributed by atoms with van der Waals surface area (Å²) < 4.78 is 22.1. The smallest absolute Gasteiger partial charge is 0.180 e. The van der Waals surface area contributed by atoms with Crippen molar-refractivity contribution in [1.82, 2.24) is 5.32 Å². The molecule has 3 rings (SSSR count). The molecule has 0 amide bonds. The molecule has 0 fully saturated rings. The monoisotopic (exact) mass is 485 g/mol. The highest BCUT2D eigenvalue weighted by Crippen LogP contribution is 2.38. The Morgan fingerprint density at radius 3 is 2.24 bits per heavy atom. The van der Waals surface area contributed by atoms with Crippen LogP contribution in [-0.4, -0.2) is 39.0 Å². The Kier molecular flexibility index (Phi) is 9.45. The van der Waals surface area contributed by atoms with Crippen molar-refractivity contribution in [2.45, 2.75) is 32.1 Å². The molecule has 0 aliphatic carbocycles. The molecule has 0 saturated carbocycles. The first-order chi connectivity index (χ1) is 16.4. The SMILES string of the molecule is COc1ccc(CC(C)NCC(O)c2cc(Cl)c(OCc3ccccc3)c(OC)c2)cc1OC. The third-order valence-corrected chi connectivity index (χ3v) is 5.79. The van der Waals surface area contributed by atoms with Crippen molar-refractivity contribution in [3.05, 3.63) is 82.4 Å². The topological polar surface area (TPSA) is 69.2 Å².